The van der Waals surface area contributed by atoms with E-state index >= 15 is 0 Å². The molecule has 2 aromatic carbocycles. The van der Waals surface area contributed by atoms with Crippen LogP contribution in [0, 0.1) is 5.92 Å². The van der Waals surface area contributed by atoms with E-state index in [4.69, 9.17) is 9.84 Å². The zero-order valence-electron chi connectivity index (χ0n) is 15.6. The van der Waals surface area contributed by atoms with Crippen LogP contribution in [0.3, 0.4) is 0 Å². The zero-order valence-corrected chi connectivity index (χ0v) is 15.6. The number of benzene rings is 2. The van der Waals surface area contributed by atoms with Crippen molar-refractivity contribution in [1.82, 2.24) is 4.90 Å². The highest BCUT2D eigenvalue weighted by molar-refractivity contribution is 6.06. The lowest BCUT2D eigenvalue weighted by Gasteiger charge is -2.30. The van der Waals surface area contributed by atoms with Gasteiger partial charge in [0.05, 0.1) is 18.6 Å². The number of carbonyl (C=O) groups excluding carboxylic acids is 2. The first-order valence-electron chi connectivity index (χ1n) is 9.06. The van der Waals surface area contributed by atoms with Crippen molar-refractivity contribution in [3.63, 3.8) is 0 Å². The molecule has 3 rings (SSSR count). The molecule has 146 valence electrons. The Labute approximate surface area is 162 Å². The van der Waals surface area contributed by atoms with Crippen molar-refractivity contribution >= 4 is 23.5 Å². The highest BCUT2D eigenvalue weighted by atomic mass is 16.5. The van der Waals surface area contributed by atoms with Crippen molar-refractivity contribution in [3.05, 3.63) is 59.7 Å². The quantitative estimate of drug-likeness (QED) is 0.829. The number of carbonyl (C=O) groups is 3. The lowest BCUT2D eigenvalue weighted by molar-refractivity contribution is -0.143. The third-order valence-electron chi connectivity index (χ3n) is 4.87. The molecule has 0 atom stereocenters. The summed E-state index contributed by atoms with van der Waals surface area (Å²) < 4.78 is 5.20. The summed E-state index contributed by atoms with van der Waals surface area (Å²) in [6.45, 7) is 0.865. The number of likely N-dealkylation sites (tertiary alicyclic amines) is 1. The minimum Gasteiger partial charge on any atom is -0.496 e. The van der Waals surface area contributed by atoms with Crippen molar-refractivity contribution in [2.75, 3.05) is 25.5 Å². The third-order valence-corrected chi connectivity index (χ3v) is 4.87. The summed E-state index contributed by atoms with van der Waals surface area (Å²) >= 11 is 0. The van der Waals surface area contributed by atoms with E-state index in [1.54, 1.807) is 53.4 Å². The predicted molar refractivity (Wildman–Crippen MR) is 104 cm³/mol. The van der Waals surface area contributed by atoms with Crippen LogP contribution in [0.5, 0.6) is 5.75 Å². The first kappa shape index (κ1) is 19.4. The van der Waals surface area contributed by atoms with E-state index in [-0.39, 0.29) is 17.7 Å². The summed E-state index contributed by atoms with van der Waals surface area (Å²) in [7, 11) is 1.51. The van der Waals surface area contributed by atoms with Crippen molar-refractivity contribution in [3.8, 4) is 5.75 Å². The van der Waals surface area contributed by atoms with Gasteiger partial charge in [-0.05, 0) is 49.2 Å². The van der Waals surface area contributed by atoms with E-state index in [0.29, 0.717) is 48.5 Å². The largest absolute Gasteiger partial charge is 0.496 e. The summed E-state index contributed by atoms with van der Waals surface area (Å²) in [6.07, 6.45) is 0.933. The van der Waals surface area contributed by atoms with Gasteiger partial charge in [0.25, 0.3) is 11.8 Å². The van der Waals surface area contributed by atoms with Gasteiger partial charge in [-0.2, -0.15) is 0 Å². The Kier molecular flexibility index (Phi) is 5.93. The average molecular weight is 382 g/mol. The summed E-state index contributed by atoms with van der Waals surface area (Å²) in [5, 5.41) is 11.8. The summed E-state index contributed by atoms with van der Waals surface area (Å²) in [5.41, 5.74) is 1.49. The van der Waals surface area contributed by atoms with Crippen molar-refractivity contribution < 1.29 is 24.2 Å². The number of hydrogen-bond donors (Lipinski definition) is 2. The Morgan fingerprint density at radius 3 is 2.29 bits per heavy atom. The summed E-state index contributed by atoms with van der Waals surface area (Å²) in [6, 6.07) is 13.6. The molecular formula is C21H22N2O5. The van der Waals surface area contributed by atoms with E-state index in [0.717, 1.165) is 0 Å². The minimum absolute atomic E-state index is 0.133. The highest BCUT2D eigenvalue weighted by Gasteiger charge is 2.27. The van der Waals surface area contributed by atoms with E-state index in [9.17, 15) is 14.4 Å². The number of ether oxygens (including phenoxy) is 1. The smallest absolute Gasteiger partial charge is 0.306 e. The molecule has 1 aliphatic heterocycles. The number of carboxylic acid groups (broad SMARTS) is 1. The third kappa shape index (κ3) is 4.31. The monoisotopic (exact) mass is 382 g/mol. The average Bonchev–Trinajstić information content (AvgIpc) is 2.73. The van der Waals surface area contributed by atoms with E-state index < -0.39 is 5.97 Å². The molecule has 1 aliphatic rings. The van der Waals surface area contributed by atoms with Gasteiger partial charge in [0.2, 0.25) is 0 Å². The van der Waals surface area contributed by atoms with Crippen molar-refractivity contribution in [2.45, 2.75) is 12.8 Å². The van der Waals surface area contributed by atoms with Crippen LogP contribution in [0.15, 0.2) is 48.5 Å². The number of nitrogens with one attached hydrogen (secondary N) is 1. The van der Waals surface area contributed by atoms with Crippen molar-refractivity contribution in [1.29, 1.82) is 0 Å². The van der Waals surface area contributed by atoms with Crippen LogP contribution in [0.2, 0.25) is 0 Å². The molecule has 1 saturated heterocycles. The number of amides is 2. The molecule has 7 nitrogen and oxygen atoms in total. The number of carboxylic acids is 1. The molecule has 0 spiro atoms. The van der Waals surface area contributed by atoms with Crippen LogP contribution in [0.25, 0.3) is 0 Å². The van der Waals surface area contributed by atoms with Crippen LogP contribution >= 0.6 is 0 Å². The minimum atomic E-state index is -0.803. The Hall–Kier alpha value is -3.35. The molecule has 0 bridgehead atoms. The fraction of sp³-hybridized carbons (Fsp3) is 0.286. The maximum Gasteiger partial charge on any atom is 0.306 e. The number of hydrogen-bond acceptors (Lipinski definition) is 4. The topological polar surface area (TPSA) is 95.9 Å². The second-order valence-electron chi connectivity index (χ2n) is 6.64. The van der Waals surface area contributed by atoms with E-state index in [2.05, 4.69) is 5.32 Å². The number of rotatable bonds is 5. The molecule has 2 aromatic rings. The van der Waals surface area contributed by atoms with Crippen LogP contribution < -0.4 is 10.1 Å². The summed E-state index contributed by atoms with van der Waals surface area (Å²) in [5.74, 6) is -1.13. The van der Waals surface area contributed by atoms with Gasteiger partial charge in [0, 0.05) is 24.3 Å². The molecule has 28 heavy (non-hydrogen) atoms. The fourth-order valence-corrected chi connectivity index (χ4v) is 3.24. The normalized spacial score (nSPS) is 14.4. The number of anilines is 1. The predicted octanol–water partition coefficient (Wildman–Crippen LogP) is 2.88. The Morgan fingerprint density at radius 2 is 1.68 bits per heavy atom. The zero-order chi connectivity index (χ0) is 20.1. The molecule has 0 unspecified atom stereocenters. The van der Waals surface area contributed by atoms with Gasteiger partial charge in [0.1, 0.15) is 5.75 Å². The number of piperidine rings is 1. The van der Waals surface area contributed by atoms with Gasteiger partial charge in [-0.15, -0.1) is 0 Å². The molecular weight excluding hydrogens is 360 g/mol. The van der Waals surface area contributed by atoms with E-state index in [1.165, 1.54) is 7.11 Å². The van der Waals surface area contributed by atoms with Gasteiger partial charge in [-0.25, -0.2) is 0 Å². The second kappa shape index (κ2) is 8.56. The lowest BCUT2D eigenvalue weighted by atomic mass is 9.96. The SMILES string of the molecule is COc1ccccc1C(=O)Nc1ccc(C(=O)N2CCC(C(=O)O)CC2)cc1. The Morgan fingerprint density at radius 1 is 1.04 bits per heavy atom. The number of aliphatic carboxylic acids is 1. The number of para-hydroxylation sites is 1. The highest BCUT2D eigenvalue weighted by Crippen LogP contribution is 2.21. The maximum absolute atomic E-state index is 12.6. The molecule has 1 heterocycles. The standard InChI is InChI=1S/C21H22N2O5/c1-28-18-5-3-2-4-17(18)19(24)22-16-8-6-14(7-9-16)20(25)23-12-10-15(11-13-23)21(26)27/h2-9,15H,10-13H2,1H3,(H,22,24)(H,26,27). The molecule has 0 aromatic heterocycles. The van der Waals surface area contributed by atoms with Gasteiger partial charge in [-0.1, -0.05) is 12.1 Å². The molecule has 2 N–H and O–H groups in total. The molecule has 0 radical (unpaired) electrons. The number of methoxy groups -OCH3 is 1. The molecule has 2 amide bonds. The van der Waals surface area contributed by atoms with Crippen LogP contribution in [0.1, 0.15) is 33.6 Å². The Balaban J connectivity index is 1.63. The molecule has 1 fully saturated rings. The maximum atomic E-state index is 12.6. The Bertz CT molecular complexity index is 871. The van der Waals surface area contributed by atoms with Gasteiger partial charge >= 0.3 is 5.97 Å². The van der Waals surface area contributed by atoms with Gasteiger partial charge < -0.3 is 20.1 Å². The van der Waals surface area contributed by atoms with Gasteiger partial charge in [-0.3, -0.25) is 14.4 Å². The second-order valence-corrected chi connectivity index (χ2v) is 6.64. The first-order valence-corrected chi connectivity index (χ1v) is 9.06. The van der Waals surface area contributed by atoms with Crippen LogP contribution in [-0.2, 0) is 4.79 Å². The fourth-order valence-electron chi connectivity index (χ4n) is 3.24. The summed E-state index contributed by atoms with van der Waals surface area (Å²) in [4.78, 5) is 37.7. The number of nitrogens with zero attached hydrogens (tertiary/aromatic N) is 1. The first-order chi connectivity index (χ1) is 13.5. The molecule has 0 saturated carbocycles. The van der Waals surface area contributed by atoms with Gasteiger partial charge in [0.15, 0.2) is 0 Å². The van der Waals surface area contributed by atoms with E-state index in [1.807, 2.05) is 0 Å². The van der Waals surface area contributed by atoms with Crippen molar-refractivity contribution in [2.24, 2.45) is 5.92 Å². The van der Waals surface area contributed by atoms with Crippen LogP contribution in [-0.4, -0.2) is 48.0 Å². The molecule has 7 heteroatoms. The van der Waals surface area contributed by atoms with Crippen LogP contribution in [0.4, 0.5) is 5.69 Å². The lowest BCUT2D eigenvalue weighted by Crippen LogP contribution is -2.40. The molecule has 0 aliphatic carbocycles.